The van der Waals surface area contributed by atoms with E-state index >= 15 is 0 Å². The van der Waals surface area contributed by atoms with E-state index in [-0.39, 0.29) is 6.73 Å². The summed E-state index contributed by atoms with van der Waals surface area (Å²) in [5.74, 6) is 2.70. The minimum Gasteiger partial charge on any atom is -0.494 e. The van der Waals surface area contributed by atoms with Gasteiger partial charge in [-0.3, -0.25) is 10.3 Å². The molecule has 0 saturated carbocycles. The van der Waals surface area contributed by atoms with Crippen LogP contribution in [-0.2, 0) is 0 Å². The second-order valence-electron chi connectivity index (χ2n) is 6.06. The fraction of sp³-hybridized carbons (Fsp3) is 0.400. The number of anilines is 3. The number of benzene rings is 1. The lowest BCUT2D eigenvalue weighted by Crippen LogP contribution is -2.09. The van der Waals surface area contributed by atoms with Crippen LogP contribution in [0.2, 0.25) is 0 Å². The summed E-state index contributed by atoms with van der Waals surface area (Å²) in [6.45, 7) is 8.76. The summed E-state index contributed by atoms with van der Waals surface area (Å²) in [6, 6.07) is 5.35. The molecule has 0 aliphatic carbocycles. The number of nitrogens with two attached hydrogens (primary N) is 3. The van der Waals surface area contributed by atoms with Crippen molar-refractivity contribution in [3.63, 3.8) is 0 Å². The molecular weight excluding hydrogens is 370 g/mol. The highest BCUT2D eigenvalue weighted by Gasteiger charge is 2.22. The molecule has 9 nitrogen and oxygen atoms in total. The molecule has 158 valence electrons. The van der Waals surface area contributed by atoms with Gasteiger partial charge in [0.25, 0.3) is 0 Å². The van der Waals surface area contributed by atoms with E-state index in [9.17, 15) is 0 Å². The topological polar surface area (TPSA) is 139 Å². The van der Waals surface area contributed by atoms with Gasteiger partial charge in [0.15, 0.2) is 5.82 Å². The van der Waals surface area contributed by atoms with Crippen LogP contribution in [0.1, 0.15) is 32.9 Å². The first-order valence-corrected chi connectivity index (χ1v) is 9.71. The Morgan fingerprint density at radius 1 is 1.10 bits per heavy atom. The third-order valence-electron chi connectivity index (χ3n) is 4.33. The van der Waals surface area contributed by atoms with Gasteiger partial charge in [-0.15, -0.1) is 5.10 Å². The quantitative estimate of drug-likeness (QED) is 0.443. The predicted octanol–water partition coefficient (Wildman–Crippen LogP) is 3.05. The molecule has 0 atom stereocenters. The number of hydrogen-bond donors (Lipinski definition) is 4. The maximum Gasteiger partial charge on any atom is 0.160 e. The largest absolute Gasteiger partial charge is 0.494 e. The van der Waals surface area contributed by atoms with Gasteiger partial charge in [0.05, 0.1) is 29.3 Å². The zero-order chi connectivity index (χ0) is 21.6. The molecule has 0 aliphatic heterocycles. The van der Waals surface area contributed by atoms with Crippen LogP contribution < -0.4 is 32.0 Å². The van der Waals surface area contributed by atoms with E-state index in [4.69, 9.17) is 26.7 Å². The van der Waals surface area contributed by atoms with Crippen LogP contribution >= 0.6 is 0 Å². The number of nitrogens with zero attached hydrogens (tertiary/aromatic N) is 3. The summed E-state index contributed by atoms with van der Waals surface area (Å²) >= 11 is 0. The van der Waals surface area contributed by atoms with Gasteiger partial charge in [0, 0.05) is 12.6 Å². The third-order valence-corrected chi connectivity index (χ3v) is 4.33. The summed E-state index contributed by atoms with van der Waals surface area (Å²) in [5, 5.41) is 13.3. The molecule has 2 aromatic heterocycles. The summed E-state index contributed by atoms with van der Waals surface area (Å²) in [7, 11) is 1.57. The Balaban J connectivity index is 0.00000145. The van der Waals surface area contributed by atoms with Crippen molar-refractivity contribution in [3.8, 4) is 17.2 Å². The van der Waals surface area contributed by atoms with Crippen molar-refractivity contribution >= 4 is 28.2 Å². The van der Waals surface area contributed by atoms with Crippen molar-refractivity contribution in [2.45, 2.75) is 34.1 Å². The van der Waals surface area contributed by atoms with Crippen molar-refractivity contribution < 1.29 is 9.47 Å². The van der Waals surface area contributed by atoms with E-state index in [0.717, 1.165) is 23.7 Å². The minimum absolute atomic E-state index is 0.0726. The standard InChI is InChI=1S/C18H25N7O2.C2H6/c1-4-7-22-18-15-14(10(2)23-24-18)16(20)25(17(15)21)12-6-5-11(27-9-19)8-13(12)26-3;1-2/h5-6,8H,4,7,9,19-21H2,1-3H3,(H,22,24);1-2H3. The molecule has 0 unspecified atom stereocenters. The number of methoxy groups -OCH3 is 1. The number of nitrogens with one attached hydrogen (secondary N) is 1. The Kier molecular flexibility index (Phi) is 7.49. The van der Waals surface area contributed by atoms with Gasteiger partial charge >= 0.3 is 0 Å². The lowest BCUT2D eigenvalue weighted by molar-refractivity contribution is 0.326. The maximum atomic E-state index is 6.50. The van der Waals surface area contributed by atoms with Gasteiger partial charge in [-0.05, 0) is 25.5 Å². The molecule has 7 N–H and O–H groups in total. The maximum absolute atomic E-state index is 6.50. The third kappa shape index (κ3) is 4.14. The monoisotopic (exact) mass is 401 g/mol. The van der Waals surface area contributed by atoms with E-state index < -0.39 is 0 Å². The van der Waals surface area contributed by atoms with Gasteiger partial charge in [0.2, 0.25) is 0 Å². The Morgan fingerprint density at radius 3 is 2.41 bits per heavy atom. The molecule has 0 aliphatic rings. The smallest absolute Gasteiger partial charge is 0.160 e. The van der Waals surface area contributed by atoms with Crippen molar-refractivity contribution in [2.24, 2.45) is 5.73 Å². The van der Waals surface area contributed by atoms with Crippen molar-refractivity contribution in [2.75, 3.05) is 37.2 Å². The highest BCUT2D eigenvalue weighted by molar-refractivity contribution is 6.08. The Bertz CT molecular complexity index is 969. The molecule has 0 saturated heterocycles. The SMILES string of the molecule is CC.CCCNc1nnc(C)c2c(N)n(-c3ccc(OCN)cc3OC)c(N)c12. The molecule has 0 fully saturated rings. The zero-order valence-electron chi connectivity index (χ0n) is 17.7. The van der Waals surface area contributed by atoms with Crippen LogP contribution in [0.4, 0.5) is 17.5 Å². The minimum atomic E-state index is 0.0726. The van der Waals surface area contributed by atoms with Crippen molar-refractivity contribution in [3.05, 3.63) is 23.9 Å². The van der Waals surface area contributed by atoms with Gasteiger partial charge in [-0.25, -0.2) is 0 Å². The molecule has 3 aromatic rings. The molecule has 2 heterocycles. The number of fused-ring (bicyclic) bond motifs is 1. The van der Waals surface area contributed by atoms with Gasteiger partial charge in [0.1, 0.15) is 29.9 Å². The summed E-state index contributed by atoms with van der Waals surface area (Å²) < 4.78 is 12.6. The molecule has 9 heteroatoms. The van der Waals surface area contributed by atoms with Crippen LogP contribution in [0.25, 0.3) is 16.5 Å². The van der Waals surface area contributed by atoms with E-state index in [2.05, 4.69) is 22.4 Å². The van der Waals surface area contributed by atoms with Crippen LogP contribution in [0, 0.1) is 6.92 Å². The molecular formula is C20H31N7O2. The number of ether oxygens (including phenoxy) is 2. The number of aromatic nitrogens is 3. The zero-order valence-corrected chi connectivity index (χ0v) is 17.7. The van der Waals surface area contributed by atoms with Crippen LogP contribution in [0.15, 0.2) is 18.2 Å². The average molecular weight is 402 g/mol. The molecule has 29 heavy (non-hydrogen) atoms. The first-order chi connectivity index (χ1) is 14.0. The Morgan fingerprint density at radius 2 is 1.79 bits per heavy atom. The summed E-state index contributed by atoms with van der Waals surface area (Å²) in [6.07, 6.45) is 0.948. The number of hydrogen-bond acceptors (Lipinski definition) is 8. The van der Waals surface area contributed by atoms with Crippen molar-refractivity contribution in [1.29, 1.82) is 0 Å². The molecule has 0 spiro atoms. The van der Waals surface area contributed by atoms with E-state index in [1.165, 1.54) is 0 Å². The Labute approximate surface area is 171 Å². The highest BCUT2D eigenvalue weighted by atomic mass is 16.5. The number of aryl methyl sites for hydroxylation is 1. The van der Waals surface area contributed by atoms with Crippen molar-refractivity contribution in [1.82, 2.24) is 14.8 Å². The van der Waals surface area contributed by atoms with Crippen LogP contribution in [-0.4, -0.2) is 35.1 Å². The normalized spacial score (nSPS) is 10.4. The number of rotatable bonds is 7. The lowest BCUT2D eigenvalue weighted by atomic mass is 10.2. The molecule has 3 rings (SSSR count). The predicted molar refractivity (Wildman–Crippen MR) is 119 cm³/mol. The summed E-state index contributed by atoms with van der Waals surface area (Å²) in [4.78, 5) is 0. The summed E-state index contributed by atoms with van der Waals surface area (Å²) in [5.41, 5.74) is 19.8. The first-order valence-electron chi connectivity index (χ1n) is 9.71. The first kappa shape index (κ1) is 22.1. The molecule has 1 aromatic carbocycles. The van der Waals surface area contributed by atoms with Gasteiger partial charge < -0.3 is 26.3 Å². The van der Waals surface area contributed by atoms with Gasteiger partial charge in [-0.1, -0.05) is 20.8 Å². The van der Waals surface area contributed by atoms with Crippen LogP contribution in [0.3, 0.4) is 0 Å². The van der Waals surface area contributed by atoms with Gasteiger partial charge in [-0.2, -0.15) is 5.10 Å². The van der Waals surface area contributed by atoms with E-state index in [1.54, 1.807) is 23.8 Å². The fourth-order valence-corrected chi connectivity index (χ4v) is 3.10. The van der Waals surface area contributed by atoms with E-state index in [1.807, 2.05) is 26.8 Å². The molecule has 0 bridgehead atoms. The molecule has 0 radical (unpaired) electrons. The number of nitrogen functional groups attached to an aromatic ring is 2. The van der Waals surface area contributed by atoms with E-state index in [0.29, 0.717) is 40.3 Å². The second kappa shape index (κ2) is 9.83. The second-order valence-corrected chi connectivity index (χ2v) is 6.06. The lowest BCUT2D eigenvalue weighted by Gasteiger charge is -2.14. The fourth-order valence-electron chi connectivity index (χ4n) is 3.10. The molecule has 0 amide bonds. The Hall–Kier alpha value is -3.20. The van der Waals surface area contributed by atoms with Crippen LogP contribution in [0.5, 0.6) is 11.5 Å². The highest BCUT2D eigenvalue weighted by Crippen LogP contribution is 2.41. The average Bonchev–Trinajstić information content (AvgIpc) is 3.01.